The number of hydrogen-bond donors (Lipinski definition) is 2. The van der Waals surface area contributed by atoms with Gasteiger partial charge in [-0.2, -0.15) is 0 Å². The van der Waals surface area contributed by atoms with E-state index in [4.69, 9.17) is 20.4 Å². The number of ether oxygens (including phenoxy) is 1. The van der Waals surface area contributed by atoms with Crippen molar-refractivity contribution in [3.63, 3.8) is 0 Å². The van der Waals surface area contributed by atoms with Gasteiger partial charge in [0, 0.05) is 38.2 Å². The molecule has 3 rings (SSSR count). The van der Waals surface area contributed by atoms with Crippen molar-refractivity contribution >= 4 is 29.3 Å². The molecule has 1 atom stereocenters. The Morgan fingerprint density at radius 2 is 1.87 bits per heavy atom. The summed E-state index contributed by atoms with van der Waals surface area (Å²) < 4.78 is 34.6. The summed E-state index contributed by atoms with van der Waals surface area (Å²) in [5.41, 5.74) is 5.19. The highest BCUT2D eigenvalue weighted by molar-refractivity contribution is 5.90. The number of hydrogen-bond acceptors (Lipinski definition) is 7. The van der Waals surface area contributed by atoms with Crippen molar-refractivity contribution in [2.45, 2.75) is 18.9 Å². The summed E-state index contributed by atoms with van der Waals surface area (Å²) in [5.74, 6) is -3.37. The predicted molar refractivity (Wildman–Crippen MR) is 99.8 cm³/mol. The molecule has 0 aliphatic carbocycles. The van der Waals surface area contributed by atoms with Crippen LogP contribution in [0.25, 0.3) is 0 Å². The van der Waals surface area contributed by atoms with Gasteiger partial charge in [-0.05, 0) is 0 Å². The molecule has 2 aliphatic rings. The number of carboxylic acid groups (broad SMARTS) is 1. The van der Waals surface area contributed by atoms with Crippen LogP contribution in [0.3, 0.4) is 0 Å². The fourth-order valence-corrected chi connectivity index (χ4v) is 3.27. The van der Waals surface area contributed by atoms with Crippen LogP contribution in [0.1, 0.15) is 12.8 Å². The maximum absolute atomic E-state index is 14.8. The van der Waals surface area contributed by atoms with Crippen LogP contribution in [-0.4, -0.2) is 73.6 Å². The second kappa shape index (κ2) is 9.22. The maximum atomic E-state index is 14.8. The van der Waals surface area contributed by atoms with Crippen LogP contribution in [-0.2, 0) is 19.2 Å². The number of nitrogens with two attached hydrogens (primary N) is 1. The topological polar surface area (TPSA) is 126 Å². The molecule has 30 heavy (non-hydrogen) atoms. The summed E-state index contributed by atoms with van der Waals surface area (Å²) in [7, 11) is 0. The smallest absolute Gasteiger partial charge is 0.414 e. The van der Waals surface area contributed by atoms with Crippen LogP contribution < -0.4 is 15.5 Å². The Kier molecular flexibility index (Phi) is 6.67. The van der Waals surface area contributed by atoms with Crippen LogP contribution in [0.15, 0.2) is 12.1 Å². The molecule has 1 aromatic carbocycles. The zero-order chi connectivity index (χ0) is 21.8. The largest absolute Gasteiger partial charge is 0.481 e. The van der Waals surface area contributed by atoms with Crippen molar-refractivity contribution in [1.82, 2.24) is 5.06 Å². The van der Waals surface area contributed by atoms with Crippen LogP contribution in [0, 0.1) is 11.6 Å². The number of cyclic esters (lactones) is 1. The third-order valence-corrected chi connectivity index (χ3v) is 4.78. The van der Waals surface area contributed by atoms with Gasteiger partial charge < -0.3 is 20.5 Å². The fraction of sp³-hybridized carbons (Fsp3) is 0.500. The Morgan fingerprint density at radius 1 is 1.17 bits per heavy atom. The summed E-state index contributed by atoms with van der Waals surface area (Å²) in [4.78, 5) is 42.3. The highest BCUT2D eigenvalue weighted by Gasteiger charge is 2.33. The van der Waals surface area contributed by atoms with Gasteiger partial charge >= 0.3 is 12.1 Å². The van der Waals surface area contributed by atoms with E-state index in [-0.39, 0.29) is 63.5 Å². The lowest BCUT2D eigenvalue weighted by molar-refractivity contribution is -0.182. The minimum atomic E-state index is -1.11. The van der Waals surface area contributed by atoms with E-state index in [1.54, 1.807) is 0 Å². The molecule has 2 amide bonds. The molecule has 0 spiro atoms. The Morgan fingerprint density at radius 3 is 2.47 bits per heavy atom. The molecule has 0 aromatic heterocycles. The minimum Gasteiger partial charge on any atom is -0.481 e. The van der Waals surface area contributed by atoms with E-state index in [0.29, 0.717) is 0 Å². The monoisotopic (exact) mass is 428 g/mol. The Hall–Kier alpha value is -2.99. The second-order valence-corrected chi connectivity index (χ2v) is 6.82. The molecule has 10 nitrogen and oxygen atoms in total. The molecule has 0 saturated carbocycles. The van der Waals surface area contributed by atoms with E-state index in [9.17, 15) is 23.2 Å². The number of hydroxylamine groups is 2. The van der Waals surface area contributed by atoms with Crippen molar-refractivity contribution < 1.29 is 37.8 Å². The van der Waals surface area contributed by atoms with Gasteiger partial charge in [0.1, 0.15) is 11.8 Å². The predicted octanol–water partition coefficient (Wildman–Crippen LogP) is 0.694. The highest BCUT2D eigenvalue weighted by Crippen LogP contribution is 2.31. The summed E-state index contributed by atoms with van der Waals surface area (Å²) in [6.07, 6.45) is -1.84. The van der Waals surface area contributed by atoms with Crippen LogP contribution in [0.5, 0.6) is 0 Å². The Balaban J connectivity index is 1.71. The van der Waals surface area contributed by atoms with E-state index in [2.05, 4.69) is 0 Å². The SMILES string of the molecule is NC[C@H]1CN(c2cc(F)c(N3CCON(C(=O)CCC(=O)O)CC3)c(F)c2)C(=O)O1. The van der Waals surface area contributed by atoms with Gasteiger partial charge in [-0.1, -0.05) is 0 Å². The lowest BCUT2D eigenvalue weighted by Gasteiger charge is -2.24. The molecule has 3 N–H and O–H groups in total. The molecule has 2 aliphatic heterocycles. The first kappa shape index (κ1) is 21.7. The quantitative estimate of drug-likeness (QED) is 0.678. The van der Waals surface area contributed by atoms with E-state index < -0.39 is 35.7 Å². The number of anilines is 2. The van der Waals surface area contributed by atoms with E-state index in [1.165, 1.54) is 4.90 Å². The first-order chi connectivity index (χ1) is 14.3. The summed E-state index contributed by atoms with van der Waals surface area (Å²) in [6.45, 7) is 0.370. The third kappa shape index (κ3) is 4.76. The molecule has 0 bridgehead atoms. The fourth-order valence-electron chi connectivity index (χ4n) is 3.27. The number of amides is 2. The van der Waals surface area contributed by atoms with E-state index in [0.717, 1.165) is 22.1 Å². The number of aliphatic carboxylic acids is 1. The molecule has 1 aromatic rings. The minimum absolute atomic E-state index is 0.00964. The molecule has 164 valence electrons. The molecule has 2 saturated heterocycles. The first-order valence-electron chi connectivity index (χ1n) is 9.37. The zero-order valence-corrected chi connectivity index (χ0v) is 16.1. The number of rotatable bonds is 6. The van der Waals surface area contributed by atoms with Crippen LogP contribution >= 0.6 is 0 Å². The van der Waals surface area contributed by atoms with Crippen LogP contribution in [0.2, 0.25) is 0 Å². The normalized spacial score (nSPS) is 19.6. The maximum Gasteiger partial charge on any atom is 0.414 e. The summed E-state index contributed by atoms with van der Waals surface area (Å²) in [5, 5.41) is 9.69. The number of carboxylic acids is 1. The van der Waals surface area contributed by atoms with Gasteiger partial charge in [-0.25, -0.2) is 18.6 Å². The number of benzene rings is 1. The summed E-state index contributed by atoms with van der Waals surface area (Å²) in [6, 6.07) is 2.08. The van der Waals surface area contributed by atoms with Crippen molar-refractivity contribution in [1.29, 1.82) is 0 Å². The standard InChI is InChI=1S/C18H22F2N4O6/c19-13-7-11(23-10-12(9-21)30-18(23)28)8-14(20)17(13)22-3-4-24(29-6-5-22)15(25)1-2-16(26)27/h7-8,12H,1-6,9-10,21H2,(H,26,27)/t12-/m0/s1. The average Bonchev–Trinajstić information content (AvgIpc) is 2.91. The van der Waals surface area contributed by atoms with Crippen molar-refractivity contribution in [2.24, 2.45) is 5.73 Å². The Bertz CT molecular complexity index is 816. The first-order valence-corrected chi connectivity index (χ1v) is 9.37. The molecule has 12 heteroatoms. The second-order valence-electron chi connectivity index (χ2n) is 6.82. The molecule has 0 radical (unpaired) electrons. The van der Waals surface area contributed by atoms with Crippen molar-refractivity contribution in [3.8, 4) is 0 Å². The number of carbonyl (C=O) groups excluding carboxylic acids is 2. The van der Waals surface area contributed by atoms with Gasteiger partial charge in [0.2, 0.25) is 5.91 Å². The van der Waals surface area contributed by atoms with Crippen molar-refractivity contribution in [2.75, 3.05) is 49.1 Å². The van der Waals surface area contributed by atoms with Crippen LogP contribution in [0.4, 0.5) is 25.0 Å². The molecule has 2 fully saturated rings. The summed E-state index contributed by atoms with van der Waals surface area (Å²) >= 11 is 0. The van der Waals surface area contributed by atoms with Gasteiger partial charge in [-0.3, -0.25) is 19.3 Å². The third-order valence-electron chi connectivity index (χ3n) is 4.78. The van der Waals surface area contributed by atoms with Crippen molar-refractivity contribution in [3.05, 3.63) is 23.8 Å². The van der Waals surface area contributed by atoms with Gasteiger partial charge in [-0.15, -0.1) is 0 Å². The molecular weight excluding hydrogens is 406 g/mol. The Labute approximate surface area is 170 Å². The van der Waals surface area contributed by atoms with Gasteiger partial charge in [0.05, 0.1) is 31.8 Å². The molecular formula is C18H22F2N4O6. The van der Waals surface area contributed by atoms with Gasteiger partial charge in [0.25, 0.3) is 0 Å². The number of halogens is 2. The number of nitrogens with zero attached hydrogens (tertiary/aromatic N) is 3. The lowest BCUT2D eigenvalue weighted by atomic mass is 10.2. The molecule has 0 unspecified atom stereocenters. The van der Waals surface area contributed by atoms with E-state index >= 15 is 0 Å². The van der Waals surface area contributed by atoms with E-state index in [1.807, 2.05) is 0 Å². The lowest BCUT2D eigenvalue weighted by Crippen LogP contribution is -2.35. The number of carbonyl (C=O) groups is 3. The average molecular weight is 428 g/mol. The highest BCUT2D eigenvalue weighted by atomic mass is 19.1. The van der Waals surface area contributed by atoms with Gasteiger partial charge in [0.15, 0.2) is 11.6 Å². The molecule has 2 heterocycles. The zero-order valence-electron chi connectivity index (χ0n) is 16.1.